The Morgan fingerprint density at radius 1 is 1.50 bits per heavy atom. The topological polar surface area (TPSA) is 30.5 Å². The van der Waals surface area contributed by atoms with Crippen LogP contribution in [0, 0.1) is 6.92 Å². The third-order valence-electron chi connectivity index (χ3n) is 2.76. The fourth-order valence-electron chi connectivity index (χ4n) is 1.98. The standard InChI is InChI=1S/C12H16ClNO2/c1-8-5-9(6-10(13)12(8)15-2)11-7-14-3-4-16-11/h5-6,11,14H,3-4,7H2,1-2H3. The number of hydrogen-bond donors (Lipinski definition) is 1. The molecule has 1 heterocycles. The van der Waals surface area contributed by atoms with Crippen LogP contribution < -0.4 is 10.1 Å². The predicted octanol–water partition coefficient (Wildman–Crippen LogP) is 2.32. The average Bonchev–Trinajstić information content (AvgIpc) is 2.30. The predicted molar refractivity (Wildman–Crippen MR) is 64.3 cm³/mol. The van der Waals surface area contributed by atoms with Crippen molar-refractivity contribution in [3.8, 4) is 5.75 Å². The zero-order valence-electron chi connectivity index (χ0n) is 9.55. The van der Waals surface area contributed by atoms with Crippen LogP contribution in [0.15, 0.2) is 12.1 Å². The highest BCUT2D eigenvalue weighted by Gasteiger charge is 2.18. The molecule has 2 rings (SSSR count). The molecule has 1 aliphatic rings. The third kappa shape index (κ3) is 2.32. The summed E-state index contributed by atoms with van der Waals surface area (Å²) in [5, 5.41) is 3.95. The molecule has 1 saturated heterocycles. The molecule has 3 nitrogen and oxygen atoms in total. The van der Waals surface area contributed by atoms with E-state index in [1.54, 1.807) is 7.11 Å². The van der Waals surface area contributed by atoms with E-state index in [1.165, 1.54) is 0 Å². The van der Waals surface area contributed by atoms with Crippen molar-refractivity contribution in [2.24, 2.45) is 0 Å². The van der Waals surface area contributed by atoms with Crippen molar-refractivity contribution in [1.29, 1.82) is 0 Å². The monoisotopic (exact) mass is 241 g/mol. The number of aryl methyl sites for hydroxylation is 1. The molecule has 0 spiro atoms. The number of halogens is 1. The minimum atomic E-state index is 0.0934. The molecule has 0 bridgehead atoms. The highest BCUT2D eigenvalue weighted by atomic mass is 35.5. The maximum Gasteiger partial charge on any atom is 0.140 e. The van der Waals surface area contributed by atoms with Crippen LogP contribution >= 0.6 is 11.6 Å². The van der Waals surface area contributed by atoms with E-state index >= 15 is 0 Å². The summed E-state index contributed by atoms with van der Waals surface area (Å²) < 4.78 is 10.9. The Kier molecular flexibility index (Phi) is 3.69. The van der Waals surface area contributed by atoms with E-state index in [9.17, 15) is 0 Å². The summed E-state index contributed by atoms with van der Waals surface area (Å²) in [6.45, 7) is 4.49. The minimum Gasteiger partial charge on any atom is -0.495 e. The Labute approximate surface area is 101 Å². The molecule has 16 heavy (non-hydrogen) atoms. The van der Waals surface area contributed by atoms with Crippen LogP contribution in [-0.4, -0.2) is 26.8 Å². The van der Waals surface area contributed by atoms with E-state index in [1.807, 2.05) is 13.0 Å². The molecular formula is C12H16ClNO2. The zero-order valence-corrected chi connectivity index (χ0v) is 10.3. The normalized spacial score (nSPS) is 20.8. The fourth-order valence-corrected chi connectivity index (χ4v) is 2.33. The maximum atomic E-state index is 6.15. The van der Waals surface area contributed by atoms with Crippen LogP contribution in [0.25, 0.3) is 0 Å². The highest BCUT2D eigenvalue weighted by Crippen LogP contribution is 2.32. The van der Waals surface area contributed by atoms with Crippen molar-refractivity contribution in [2.75, 3.05) is 26.8 Å². The van der Waals surface area contributed by atoms with Crippen LogP contribution in [0.4, 0.5) is 0 Å². The van der Waals surface area contributed by atoms with Gasteiger partial charge in [-0.15, -0.1) is 0 Å². The van der Waals surface area contributed by atoms with Crippen molar-refractivity contribution in [2.45, 2.75) is 13.0 Å². The molecule has 0 radical (unpaired) electrons. The van der Waals surface area contributed by atoms with Gasteiger partial charge in [0.25, 0.3) is 0 Å². The van der Waals surface area contributed by atoms with Crippen molar-refractivity contribution in [1.82, 2.24) is 5.32 Å². The Morgan fingerprint density at radius 3 is 2.88 bits per heavy atom. The number of benzene rings is 1. The molecule has 1 aromatic carbocycles. The molecule has 1 N–H and O–H groups in total. The lowest BCUT2D eigenvalue weighted by Gasteiger charge is -2.24. The van der Waals surface area contributed by atoms with Gasteiger partial charge >= 0.3 is 0 Å². The minimum absolute atomic E-state index is 0.0934. The van der Waals surface area contributed by atoms with E-state index in [0.717, 1.165) is 36.6 Å². The lowest BCUT2D eigenvalue weighted by molar-refractivity contribution is 0.0276. The lowest BCUT2D eigenvalue weighted by Crippen LogP contribution is -2.33. The molecule has 88 valence electrons. The van der Waals surface area contributed by atoms with E-state index in [2.05, 4.69) is 11.4 Å². The molecule has 1 aromatic rings. The number of rotatable bonds is 2. The quantitative estimate of drug-likeness (QED) is 0.862. The molecule has 0 amide bonds. The van der Waals surface area contributed by atoms with Gasteiger partial charge in [-0.25, -0.2) is 0 Å². The lowest BCUT2D eigenvalue weighted by atomic mass is 10.0. The average molecular weight is 242 g/mol. The summed E-state index contributed by atoms with van der Waals surface area (Å²) in [7, 11) is 1.63. The number of methoxy groups -OCH3 is 1. The van der Waals surface area contributed by atoms with Gasteiger partial charge in [-0.05, 0) is 30.2 Å². The summed E-state index contributed by atoms with van der Waals surface area (Å²) in [6.07, 6.45) is 0.0934. The number of nitrogens with one attached hydrogen (secondary N) is 1. The molecule has 0 aromatic heterocycles. The first-order chi connectivity index (χ1) is 7.72. The van der Waals surface area contributed by atoms with Gasteiger partial charge < -0.3 is 14.8 Å². The highest BCUT2D eigenvalue weighted by molar-refractivity contribution is 6.32. The van der Waals surface area contributed by atoms with Crippen molar-refractivity contribution in [3.05, 3.63) is 28.3 Å². The van der Waals surface area contributed by atoms with Gasteiger partial charge in [0.15, 0.2) is 0 Å². The number of ether oxygens (including phenoxy) is 2. The Bertz CT molecular complexity index is 352. The number of morpholine rings is 1. The van der Waals surface area contributed by atoms with E-state index in [0.29, 0.717) is 5.02 Å². The zero-order chi connectivity index (χ0) is 11.5. The fraction of sp³-hybridized carbons (Fsp3) is 0.500. The third-order valence-corrected chi connectivity index (χ3v) is 3.04. The first-order valence-electron chi connectivity index (χ1n) is 5.38. The molecule has 4 heteroatoms. The van der Waals surface area contributed by atoms with Crippen molar-refractivity contribution >= 4 is 11.6 Å². The summed E-state index contributed by atoms with van der Waals surface area (Å²) in [5.41, 5.74) is 2.15. The summed E-state index contributed by atoms with van der Waals surface area (Å²) >= 11 is 6.15. The summed E-state index contributed by atoms with van der Waals surface area (Å²) in [6, 6.07) is 3.99. The Balaban J connectivity index is 2.28. The molecule has 0 saturated carbocycles. The smallest absolute Gasteiger partial charge is 0.140 e. The first-order valence-corrected chi connectivity index (χ1v) is 5.76. The van der Waals surface area contributed by atoms with Crippen molar-refractivity contribution in [3.63, 3.8) is 0 Å². The second-order valence-electron chi connectivity index (χ2n) is 3.92. The SMILES string of the molecule is COc1c(C)cc(C2CNCCO2)cc1Cl. The maximum absolute atomic E-state index is 6.15. The summed E-state index contributed by atoms with van der Waals surface area (Å²) in [5.74, 6) is 0.745. The van der Waals surface area contributed by atoms with Crippen LogP contribution in [0.2, 0.25) is 5.02 Å². The largest absolute Gasteiger partial charge is 0.495 e. The van der Waals surface area contributed by atoms with Gasteiger partial charge in [0.2, 0.25) is 0 Å². The van der Waals surface area contributed by atoms with Gasteiger partial charge in [0, 0.05) is 13.1 Å². The van der Waals surface area contributed by atoms with E-state index in [4.69, 9.17) is 21.1 Å². The molecule has 0 aliphatic carbocycles. The summed E-state index contributed by atoms with van der Waals surface area (Å²) in [4.78, 5) is 0. The van der Waals surface area contributed by atoms with Gasteiger partial charge in [0.05, 0.1) is 24.8 Å². The molecular weight excluding hydrogens is 226 g/mol. The van der Waals surface area contributed by atoms with Crippen LogP contribution in [-0.2, 0) is 4.74 Å². The van der Waals surface area contributed by atoms with E-state index in [-0.39, 0.29) is 6.10 Å². The van der Waals surface area contributed by atoms with Crippen LogP contribution in [0.3, 0.4) is 0 Å². The van der Waals surface area contributed by atoms with Crippen molar-refractivity contribution < 1.29 is 9.47 Å². The molecule has 1 unspecified atom stereocenters. The Morgan fingerprint density at radius 2 is 2.31 bits per heavy atom. The van der Waals surface area contributed by atoms with Gasteiger partial charge in [-0.2, -0.15) is 0 Å². The molecule has 1 fully saturated rings. The second kappa shape index (κ2) is 5.04. The van der Waals surface area contributed by atoms with Gasteiger partial charge in [-0.3, -0.25) is 0 Å². The van der Waals surface area contributed by atoms with Gasteiger partial charge in [0.1, 0.15) is 5.75 Å². The number of hydrogen-bond acceptors (Lipinski definition) is 3. The van der Waals surface area contributed by atoms with Crippen LogP contribution in [0.5, 0.6) is 5.75 Å². The Hall–Kier alpha value is -0.770. The van der Waals surface area contributed by atoms with E-state index < -0.39 is 0 Å². The van der Waals surface area contributed by atoms with Crippen LogP contribution in [0.1, 0.15) is 17.2 Å². The second-order valence-corrected chi connectivity index (χ2v) is 4.32. The van der Waals surface area contributed by atoms with Gasteiger partial charge in [-0.1, -0.05) is 11.6 Å². The molecule has 1 atom stereocenters. The molecule has 1 aliphatic heterocycles. The first kappa shape index (κ1) is 11.7.